The minimum absolute atomic E-state index is 0.130. The molecule has 0 amide bonds. The average molecular weight is 345 g/mol. The van der Waals surface area contributed by atoms with Gasteiger partial charge in [0.05, 0.1) is 22.6 Å². The zero-order valence-corrected chi connectivity index (χ0v) is 13.4. The number of ketones is 1. The number of ether oxygens (including phenoxy) is 1. The third-order valence-electron chi connectivity index (χ3n) is 3.18. The molecule has 0 saturated carbocycles. The Labute approximate surface area is 139 Å². The van der Waals surface area contributed by atoms with Crippen molar-refractivity contribution in [2.45, 2.75) is 0 Å². The van der Waals surface area contributed by atoms with Crippen LogP contribution in [0.1, 0.15) is 16.1 Å². The summed E-state index contributed by atoms with van der Waals surface area (Å²) in [5, 5.41) is 0. The van der Waals surface area contributed by atoms with Gasteiger partial charge in [0.1, 0.15) is 0 Å². The van der Waals surface area contributed by atoms with Crippen LogP contribution in [-0.4, -0.2) is 17.9 Å². The molecule has 0 aliphatic carbocycles. The van der Waals surface area contributed by atoms with Gasteiger partial charge in [-0.15, -0.1) is 11.3 Å². The molecule has 1 aromatic carbocycles. The van der Waals surface area contributed by atoms with Crippen LogP contribution >= 0.6 is 11.3 Å². The second kappa shape index (κ2) is 6.67. The molecule has 3 aromatic rings. The van der Waals surface area contributed by atoms with Crippen LogP contribution in [0.15, 0.2) is 45.8 Å². The molecule has 0 aliphatic heterocycles. The van der Waals surface area contributed by atoms with E-state index in [1.165, 1.54) is 37.6 Å². The first-order valence-corrected chi connectivity index (χ1v) is 7.72. The Balaban J connectivity index is 1.98. The second-order valence-electron chi connectivity index (χ2n) is 4.81. The first-order chi connectivity index (χ1) is 11.6. The molecule has 0 radical (unpaired) electrons. The van der Waals surface area contributed by atoms with Crippen molar-refractivity contribution in [3.63, 3.8) is 0 Å². The topological polar surface area (TPSA) is 72.3 Å². The van der Waals surface area contributed by atoms with E-state index in [4.69, 9.17) is 9.15 Å². The SMILES string of the molecule is COc1ccc(/C=c2\s/c(=C\C(=O)c3ccco3)[nH]c2=O)cc1F. The van der Waals surface area contributed by atoms with Crippen LogP contribution in [0.25, 0.3) is 12.2 Å². The van der Waals surface area contributed by atoms with Gasteiger partial charge in [0.25, 0.3) is 5.56 Å². The fourth-order valence-electron chi connectivity index (χ4n) is 2.06. The summed E-state index contributed by atoms with van der Waals surface area (Å²) in [7, 11) is 1.38. The lowest BCUT2D eigenvalue weighted by Gasteiger charge is -2.01. The van der Waals surface area contributed by atoms with Crippen molar-refractivity contribution in [1.29, 1.82) is 0 Å². The quantitative estimate of drug-likeness (QED) is 0.730. The van der Waals surface area contributed by atoms with Gasteiger partial charge in [-0.25, -0.2) is 4.39 Å². The standard InChI is InChI=1S/C17H12FNO4S/c1-22-13-5-4-10(7-11(13)18)8-15-17(21)19-16(24-15)9-12(20)14-3-2-6-23-14/h2-9H,1H3,(H,19,21)/b15-8-,16-9-. The number of methoxy groups -OCH3 is 1. The van der Waals surface area contributed by atoms with E-state index < -0.39 is 5.82 Å². The maximum atomic E-state index is 13.7. The highest BCUT2D eigenvalue weighted by Gasteiger charge is 2.06. The summed E-state index contributed by atoms with van der Waals surface area (Å²) in [6.07, 6.45) is 4.23. The van der Waals surface area contributed by atoms with Crippen LogP contribution in [0.4, 0.5) is 4.39 Å². The van der Waals surface area contributed by atoms with Gasteiger partial charge in [-0.2, -0.15) is 0 Å². The number of rotatable bonds is 4. The Morgan fingerprint density at radius 1 is 1.38 bits per heavy atom. The fraction of sp³-hybridized carbons (Fsp3) is 0.0588. The van der Waals surface area contributed by atoms with E-state index >= 15 is 0 Å². The van der Waals surface area contributed by atoms with E-state index in [0.717, 1.165) is 11.3 Å². The fourth-order valence-corrected chi connectivity index (χ4v) is 2.94. The van der Waals surface area contributed by atoms with Gasteiger partial charge in [-0.1, -0.05) is 6.07 Å². The largest absolute Gasteiger partial charge is 0.494 e. The number of benzene rings is 1. The Bertz CT molecular complexity index is 1050. The molecule has 3 rings (SSSR count). The first-order valence-electron chi connectivity index (χ1n) is 6.91. The van der Waals surface area contributed by atoms with Crippen LogP contribution in [0, 0.1) is 5.82 Å². The van der Waals surface area contributed by atoms with E-state index in [-0.39, 0.29) is 22.9 Å². The van der Waals surface area contributed by atoms with E-state index in [9.17, 15) is 14.0 Å². The predicted octanol–water partition coefficient (Wildman–Crippen LogP) is 1.67. The maximum Gasteiger partial charge on any atom is 0.266 e. The summed E-state index contributed by atoms with van der Waals surface area (Å²) >= 11 is 1.10. The lowest BCUT2D eigenvalue weighted by molar-refractivity contribution is 0.103. The molecule has 1 N–H and O–H groups in total. The smallest absolute Gasteiger partial charge is 0.266 e. The number of thiazole rings is 1. The van der Waals surface area contributed by atoms with Crippen LogP contribution < -0.4 is 19.5 Å². The molecule has 122 valence electrons. The van der Waals surface area contributed by atoms with Gasteiger partial charge in [0, 0.05) is 6.08 Å². The highest BCUT2D eigenvalue weighted by atomic mass is 32.1. The number of carbonyl (C=O) groups excluding carboxylic acids is 1. The predicted molar refractivity (Wildman–Crippen MR) is 88.2 cm³/mol. The summed E-state index contributed by atoms with van der Waals surface area (Å²) in [4.78, 5) is 26.5. The Morgan fingerprint density at radius 2 is 2.21 bits per heavy atom. The number of halogens is 1. The molecule has 0 unspecified atom stereocenters. The average Bonchev–Trinajstić information content (AvgIpc) is 3.18. The summed E-state index contributed by atoms with van der Waals surface area (Å²) in [6.45, 7) is 0. The van der Waals surface area contributed by atoms with Crippen LogP contribution in [0.3, 0.4) is 0 Å². The highest BCUT2D eigenvalue weighted by Crippen LogP contribution is 2.17. The van der Waals surface area contributed by atoms with Crippen molar-refractivity contribution in [2.75, 3.05) is 7.11 Å². The van der Waals surface area contributed by atoms with Crippen molar-refractivity contribution in [2.24, 2.45) is 0 Å². The zero-order valence-electron chi connectivity index (χ0n) is 12.5. The van der Waals surface area contributed by atoms with Crippen molar-refractivity contribution >= 4 is 29.3 Å². The zero-order chi connectivity index (χ0) is 17.1. The van der Waals surface area contributed by atoms with E-state index in [0.29, 0.717) is 14.8 Å². The number of aromatic amines is 1. The third kappa shape index (κ3) is 3.36. The number of hydrogen-bond acceptors (Lipinski definition) is 5. The van der Waals surface area contributed by atoms with Crippen molar-refractivity contribution in [3.8, 4) is 5.75 Å². The van der Waals surface area contributed by atoms with Crippen LogP contribution in [-0.2, 0) is 0 Å². The number of hydrogen-bond donors (Lipinski definition) is 1. The Hall–Kier alpha value is -2.93. The van der Waals surface area contributed by atoms with E-state index in [1.54, 1.807) is 18.2 Å². The molecule has 0 aliphatic rings. The molecule has 2 heterocycles. The lowest BCUT2D eigenvalue weighted by atomic mass is 10.2. The van der Waals surface area contributed by atoms with E-state index in [2.05, 4.69) is 4.98 Å². The van der Waals surface area contributed by atoms with Crippen molar-refractivity contribution < 1.29 is 18.3 Å². The molecular weight excluding hydrogens is 333 g/mol. The molecule has 5 nitrogen and oxygen atoms in total. The number of H-pyrrole nitrogens is 1. The van der Waals surface area contributed by atoms with Crippen molar-refractivity contribution in [3.05, 3.63) is 73.3 Å². The monoisotopic (exact) mass is 345 g/mol. The van der Waals surface area contributed by atoms with Gasteiger partial charge in [-0.05, 0) is 35.9 Å². The summed E-state index contributed by atoms with van der Waals surface area (Å²) in [5.41, 5.74) is 0.166. The maximum absolute atomic E-state index is 13.7. The van der Waals surface area contributed by atoms with Gasteiger partial charge >= 0.3 is 0 Å². The molecule has 0 bridgehead atoms. The molecule has 0 fully saturated rings. The Morgan fingerprint density at radius 3 is 2.88 bits per heavy atom. The normalized spacial score (nSPS) is 12.6. The summed E-state index contributed by atoms with van der Waals surface area (Å²) in [6, 6.07) is 7.54. The van der Waals surface area contributed by atoms with Crippen molar-refractivity contribution in [1.82, 2.24) is 4.98 Å². The summed E-state index contributed by atoms with van der Waals surface area (Å²) in [5.74, 6) is -0.545. The minimum atomic E-state index is -0.515. The minimum Gasteiger partial charge on any atom is -0.494 e. The number of aromatic nitrogens is 1. The molecular formula is C17H12FNO4S. The second-order valence-corrected chi connectivity index (χ2v) is 5.89. The molecule has 24 heavy (non-hydrogen) atoms. The number of Topliss-reactive ketones (excluding diaryl/α,β-unsaturated/α-hetero) is 1. The molecule has 2 aromatic heterocycles. The number of nitrogens with one attached hydrogen (secondary N) is 1. The molecule has 7 heteroatoms. The van der Waals surface area contributed by atoms with Gasteiger partial charge in [0.2, 0.25) is 5.78 Å². The highest BCUT2D eigenvalue weighted by molar-refractivity contribution is 7.07. The molecule has 0 saturated heterocycles. The number of furan rings is 1. The van der Waals surface area contributed by atoms with E-state index in [1.807, 2.05) is 0 Å². The molecule has 0 atom stereocenters. The lowest BCUT2D eigenvalue weighted by Crippen LogP contribution is -2.20. The summed E-state index contributed by atoms with van der Waals surface area (Å²) < 4.78 is 24.3. The number of carbonyl (C=O) groups is 1. The van der Waals surface area contributed by atoms with Crippen LogP contribution in [0.5, 0.6) is 5.75 Å². The molecule has 0 spiro atoms. The van der Waals surface area contributed by atoms with Crippen LogP contribution in [0.2, 0.25) is 0 Å². The Kier molecular flexibility index (Phi) is 4.43. The first kappa shape index (κ1) is 15.9. The van der Waals surface area contributed by atoms with Gasteiger partial charge in [-0.3, -0.25) is 9.59 Å². The third-order valence-corrected chi connectivity index (χ3v) is 4.14. The van der Waals surface area contributed by atoms with Gasteiger partial charge < -0.3 is 14.1 Å². The van der Waals surface area contributed by atoms with Gasteiger partial charge in [0.15, 0.2) is 17.3 Å².